The van der Waals surface area contributed by atoms with E-state index in [0.29, 0.717) is 0 Å². The first-order chi connectivity index (χ1) is 17.3. The van der Waals surface area contributed by atoms with Crippen molar-refractivity contribution in [1.29, 1.82) is 0 Å². The van der Waals surface area contributed by atoms with Gasteiger partial charge in [0.1, 0.15) is 0 Å². The van der Waals surface area contributed by atoms with E-state index >= 15 is 0 Å². The fraction of sp³-hybridized carbons (Fsp3) is 0. The van der Waals surface area contributed by atoms with E-state index in [9.17, 15) is 0 Å². The molecule has 0 spiro atoms. The molecule has 0 aliphatic heterocycles. The number of rotatable bonds is 6. The average molecular weight is 454 g/mol. The van der Waals surface area contributed by atoms with Crippen molar-refractivity contribution in [1.82, 2.24) is 19.6 Å². The van der Waals surface area contributed by atoms with Gasteiger partial charge in [0.25, 0.3) is 0 Å². The van der Waals surface area contributed by atoms with E-state index in [0.717, 1.165) is 45.0 Å². The summed E-state index contributed by atoms with van der Waals surface area (Å²) in [5.74, 6) is 0. The van der Waals surface area contributed by atoms with Crippen molar-refractivity contribution in [3.8, 4) is 33.6 Å². The minimum Gasteiger partial charge on any atom is -0.355 e. The minimum atomic E-state index is 1.04. The fourth-order valence-corrected chi connectivity index (χ4v) is 4.26. The third kappa shape index (κ3) is 4.23. The Balaban J connectivity index is 1.31. The third-order valence-corrected chi connectivity index (χ3v) is 6.02. The summed E-state index contributed by atoms with van der Waals surface area (Å²) in [5, 5.41) is 12.3. The molecule has 0 saturated heterocycles. The summed E-state index contributed by atoms with van der Waals surface area (Å²) < 4.78 is 3.73. The number of benzene rings is 4. The molecule has 5 nitrogen and oxygen atoms in total. The summed E-state index contributed by atoms with van der Waals surface area (Å²) >= 11 is 0. The Labute approximate surface area is 203 Å². The SMILES string of the molecule is c1ccc(-c2ccc(-n3cccn3)cc2)c(Nc2ccccc2-c2ccc(-n3cccn3)cc2)c1. The van der Waals surface area contributed by atoms with Crippen LogP contribution in [0.4, 0.5) is 11.4 Å². The van der Waals surface area contributed by atoms with Crippen LogP contribution < -0.4 is 5.32 Å². The normalized spacial score (nSPS) is 10.9. The first-order valence-corrected chi connectivity index (χ1v) is 11.5. The summed E-state index contributed by atoms with van der Waals surface area (Å²) in [4.78, 5) is 0. The van der Waals surface area contributed by atoms with Gasteiger partial charge in [0, 0.05) is 47.3 Å². The van der Waals surface area contributed by atoms with Gasteiger partial charge in [-0.05, 0) is 59.7 Å². The average Bonchev–Trinajstić information content (AvgIpc) is 3.65. The second kappa shape index (κ2) is 9.15. The molecule has 2 aromatic heterocycles. The molecule has 6 rings (SSSR count). The summed E-state index contributed by atoms with van der Waals surface area (Å²) in [6.45, 7) is 0. The van der Waals surface area contributed by atoms with Crippen molar-refractivity contribution in [2.45, 2.75) is 0 Å². The molecule has 5 heteroatoms. The lowest BCUT2D eigenvalue weighted by atomic mass is 10.0. The summed E-state index contributed by atoms with van der Waals surface area (Å²) in [7, 11) is 0. The maximum absolute atomic E-state index is 4.32. The maximum Gasteiger partial charge on any atom is 0.0645 e. The molecule has 0 atom stereocenters. The molecular formula is C30H23N5. The molecule has 2 heterocycles. The molecule has 6 aromatic rings. The Morgan fingerprint density at radius 1 is 0.457 bits per heavy atom. The van der Waals surface area contributed by atoms with E-state index in [-0.39, 0.29) is 0 Å². The van der Waals surface area contributed by atoms with Gasteiger partial charge >= 0.3 is 0 Å². The van der Waals surface area contributed by atoms with Gasteiger partial charge in [0.15, 0.2) is 0 Å². The van der Waals surface area contributed by atoms with E-state index in [4.69, 9.17) is 0 Å². The Morgan fingerprint density at radius 3 is 1.29 bits per heavy atom. The number of hydrogen-bond donors (Lipinski definition) is 1. The Hall–Kier alpha value is -4.90. The monoisotopic (exact) mass is 453 g/mol. The predicted molar refractivity (Wildman–Crippen MR) is 141 cm³/mol. The van der Waals surface area contributed by atoms with Gasteiger partial charge in [0.05, 0.1) is 11.4 Å². The molecule has 0 unspecified atom stereocenters. The number of nitrogens with one attached hydrogen (secondary N) is 1. The van der Waals surface area contributed by atoms with E-state index in [1.165, 1.54) is 0 Å². The van der Waals surface area contributed by atoms with Crippen LogP contribution in [-0.4, -0.2) is 19.6 Å². The minimum absolute atomic E-state index is 1.04. The smallest absolute Gasteiger partial charge is 0.0645 e. The number of anilines is 2. The molecule has 4 aromatic carbocycles. The zero-order valence-electron chi connectivity index (χ0n) is 19.0. The number of para-hydroxylation sites is 2. The van der Waals surface area contributed by atoms with Gasteiger partial charge in [-0.2, -0.15) is 10.2 Å². The fourth-order valence-electron chi connectivity index (χ4n) is 4.26. The van der Waals surface area contributed by atoms with Crippen LogP contribution in [0.5, 0.6) is 0 Å². The third-order valence-electron chi connectivity index (χ3n) is 6.02. The highest BCUT2D eigenvalue weighted by molar-refractivity contribution is 5.87. The number of aromatic nitrogens is 4. The standard InChI is InChI=1S/C30H23N5/c1-3-9-29(27(7-1)23-11-15-25(16-12-23)34-21-5-19-31-34)33-30-10-4-2-8-28(30)24-13-17-26(18-14-24)35-22-6-20-32-35/h1-22,33H. The Kier molecular flexibility index (Phi) is 5.41. The molecule has 0 aliphatic rings. The topological polar surface area (TPSA) is 47.7 Å². The van der Waals surface area contributed by atoms with Crippen molar-refractivity contribution < 1.29 is 0 Å². The Bertz CT molecular complexity index is 1410. The lowest BCUT2D eigenvalue weighted by molar-refractivity contribution is 0.881. The van der Waals surface area contributed by atoms with Crippen molar-refractivity contribution in [3.63, 3.8) is 0 Å². The van der Waals surface area contributed by atoms with Crippen LogP contribution in [0.25, 0.3) is 33.6 Å². The molecule has 168 valence electrons. The molecule has 0 fully saturated rings. The van der Waals surface area contributed by atoms with Gasteiger partial charge in [-0.1, -0.05) is 60.7 Å². The number of hydrogen-bond acceptors (Lipinski definition) is 3. The highest BCUT2D eigenvalue weighted by atomic mass is 15.3. The lowest BCUT2D eigenvalue weighted by Crippen LogP contribution is -1.97. The van der Waals surface area contributed by atoms with E-state index in [1.807, 2.05) is 33.9 Å². The maximum atomic E-state index is 4.32. The molecule has 0 bridgehead atoms. The van der Waals surface area contributed by atoms with Gasteiger partial charge in [-0.15, -0.1) is 0 Å². The van der Waals surface area contributed by atoms with Crippen LogP contribution in [-0.2, 0) is 0 Å². The van der Waals surface area contributed by atoms with Gasteiger partial charge in [-0.3, -0.25) is 0 Å². The highest BCUT2D eigenvalue weighted by Gasteiger charge is 2.10. The van der Waals surface area contributed by atoms with Gasteiger partial charge in [0.2, 0.25) is 0 Å². The first kappa shape index (κ1) is 20.7. The van der Waals surface area contributed by atoms with Crippen molar-refractivity contribution in [2.24, 2.45) is 0 Å². The van der Waals surface area contributed by atoms with E-state index in [1.54, 1.807) is 12.4 Å². The molecule has 0 saturated carbocycles. The largest absolute Gasteiger partial charge is 0.355 e. The predicted octanol–water partition coefficient (Wildman–Crippen LogP) is 7.14. The zero-order valence-corrected chi connectivity index (χ0v) is 19.0. The molecule has 35 heavy (non-hydrogen) atoms. The molecule has 0 radical (unpaired) electrons. The summed E-state index contributed by atoms with van der Waals surface area (Å²) in [5.41, 5.74) is 8.75. The Morgan fingerprint density at radius 2 is 0.886 bits per heavy atom. The molecule has 1 N–H and O–H groups in total. The van der Waals surface area contributed by atoms with Crippen molar-refractivity contribution >= 4 is 11.4 Å². The van der Waals surface area contributed by atoms with Crippen LogP contribution in [0.2, 0.25) is 0 Å². The second-order valence-corrected chi connectivity index (χ2v) is 8.21. The van der Waals surface area contributed by atoms with E-state index in [2.05, 4.69) is 113 Å². The van der Waals surface area contributed by atoms with Crippen LogP contribution in [0.1, 0.15) is 0 Å². The number of nitrogens with zero attached hydrogens (tertiary/aromatic N) is 4. The summed E-state index contributed by atoms with van der Waals surface area (Å²) in [6, 6.07) is 37.6. The zero-order chi connectivity index (χ0) is 23.5. The lowest BCUT2D eigenvalue weighted by Gasteiger charge is -2.16. The summed E-state index contributed by atoms with van der Waals surface area (Å²) in [6.07, 6.45) is 7.47. The molecule has 0 aliphatic carbocycles. The molecule has 0 amide bonds. The quantitative estimate of drug-likeness (QED) is 0.292. The van der Waals surface area contributed by atoms with Crippen LogP contribution >= 0.6 is 0 Å². The van der Waals surface area contributed by atoms with Crippen molar-refractivity contribution in [2.75, 3.05) is 5.32 Å². The van der Waals surface area contributed by atoms with Gasteiger partial charge < -0.3 is 5.32 Å². The van der Waals surface area contributed by atoms with Gasteiger partial charge in [-0.25, -0.2) is 9.36 Å². The highest BCUT2D eigenvalue weighted by Crippen LogP contribution is 2.35. The second-order valence-electron chi connectivity index (χ2n) is 8.21. The first-order valence-electron chi connectivity index (χ1n) is 11.5. The van der Waals surface area contributed by atoms with Crippen LogP contribution in [0.15, 0.2) is 134 Å². The van der Waals surface area contributed by atoms with Crippen LogP contribution in [0, 0.1) is 0 Å². The van der Waals surface area contributed by atoms with Crippen LogP contribution in [0.3, 0.4) is 0 Å². The van der Waals surface area contributed by atoms with E-state index < -0.39 is 0 Å². The molecular weight excluding hydrogens is 430 g/mol. The van der Waals surface area contributed by atoms with Crippen molar-refractivity contribution in [3.05, 3.63) is 134 Å².